The van der Waals surface area contributed by atoms with Crippen molar-refractivity contribution < 1.29 is 22.8 Å². The second-order valence-corrected chi connectivity index (χ2v) is 11.6. The van der Waals surface area contributed by atoms with Crippen LogP contribution in [0.1, 0.15) is 78.1 Å². The molecule has 34 heavy (non-hydrogen) atoms. The Bertz CT molecular complexity index is 745. The molecule has 2 aliphatic carbocycles. The third kappa shape index (κ3) is 5.41. The fourth-order valence-electron chi connectivity index (χ4n) is 7.35. The third-order valence-corrected chi connectivity index (χ3v) is 9.58. The van der Waals surface area contributed by atoms with E-state index in [2.05, 4.69) is 24.5 Å². The zero-order valence-electron chi connectivity index (χ0n) is 20.9. The average Bonchev–Trinajstić information content (AvgIpc) is 2.82. The van der Waals surface area contributed by atoms with E-state index in [9.17, 15) is 22.8 Å². The molecule has 4 aliphatic rings. The molecule has 2 aliphatic heterocycles. The fraction of sp³-hybridized carbons (Fsp3) is 0.923. The summed E-state index contributed by atoms with van der Waals surface area (Å²) < 4.78 is 39.6. The van der Waals surface area contributed by atoms with Gasteiger partial charge in [0.15, 0.2) is 0 Å². The zero-order valence-corrected chi connectivity index (χ0v) is 20.9. The second-order valence-electron chi connectivity index (χ2n) is 11.6. The second kappa shape index (κ2) is 10.4. The van der Waals surface area contributed by atoms with Crippen molar-refractivity contribution in [2.45, 2.75) is 102 Å². The van der Waals surface area contributed by atoms with E-state index in [0.29, 0.717) is 36.8 Å². The molecule has 2 N–H and O–H groups in total. The van der Waals surface area contributed by atoms with Crippen LogP contribution >= 0.6 is 0 Å². The van der Waals surface area contributed by atoms with Crippen LogP contribution in [0.4, 0.5) is 13.2 Å². The SMILES string of the molecule is CCC1CC2C(CN1)CC(C1CC(NC(=O)C3CCCC(C(F)(F)F)C3)CCC1C)C(=O)N2C. The van der Waals surface area contributed by atoms with E-state index in [0.717, 1.165) is 45.1 Å². The van der Waals surface area contributed by atoms with Gasteiger partial charge < -0.3 is 15.5 Å². The molecule has 5 nitrogen and oxygen atoms in total. The molecule has 0 bridgehead atoms. The van der Waals surface area contributed by atoms with Gasteiger partial charge in [-0.15, -0.1) is 0 Å². The number of nitrogens with zero attached hydrogens (tertiary/aromatic N) is 1. The first-order chi connectivity index (χ1) is 16.1. The van der Waals surface area contributed by atoms with Crippen molar-refractivity contribution in [3.05, 3.63) is 0 Å². The summed E-state index contributed by atoms with van der Waals surface area (Å²) >= 11 is 0. The number of halogens is 3. The average molecular weight is 486 g/mol. The van der Waals surface area contributed by atoms with Gasteiger partial charge in [0.05, 0.1) is 5.92 Å². The van der Waals surface area contributed by atoms with Crippen molar-refractivity contribution in [3.8, 4) is 0 Å². The monoisotopic (exact) mass is 485 g/mol. The van der Waals surface area contributed by atoms with E-state index in [1.54, 1.807) is 0 Å². The summed E-state index contributed by atoms with van der Waals surface area (Å²) in [7, 11) is 1.96. The summed E-state index contributed by atoms with van der Waals surface area (Å²) in [6.07, 6.45) is 2.28. The highest BCUT2D eigenvalue weighted by Gasteiger charge is 2.48. The number of carbonyl (C=O) groups is 2. The Morgan fingerprint density at radius 3 is 2.59 bits per heavy atom. The molecular formula is C26H42F3N3O2. The molecule has 8 heteroatoms. The lowest BCUT2D eigenvalue weighted by Gasteiger charge is -2.50. The fourth-order valence-corrected chi connectivity index (χ4v) is 7.35. The molecule has 0 aromatic rings. The maximum absolute atomic E-state index is 13.4. The normalized spacial score (nSPS) is 41.6. The maximum Gasteiger partial charge on any atom is 0.391 e. The zero-order chi connectivity index (χ0) is 24.6. The first-order valence-corrected chi connectivity index (χ1v) is 13.5. The number of hydrogen-bond acceptors (Lipinski definition) is 3. The number of carbonyl (C=O) groups excluding carboxylic acids is 2. The highest BCUT2D eigenvalue weighted by atomic mass is 19.4. The molecular weight excluding hydrogens is 443 g/mol. The van der Waals surface area contributed by atoms with Gasteiger partial charge in [0.25, 0.3) is 0 Å². The Kier molecular flexibility index (Phi) is 7.85. The summed E-state index contributed by atoms with van der Waals surface area (Å²) in [5.74, 6) is -0.880. The number of amides is 2. The Morgan fingerprint density at radius 1 is 1.12 bits per heavy atom. The minimum atomic E-state index is -4.22. The lowest BCUT2D eigenvalue weighted by Crippen LogP contribution is -2.60. The van der Waals surface area contributed by atoms with Crippen LogP contribution in [0.3, 0.4) is 0 Å². The van der Waals surface area contributed by atoms with Gasteiger partial charge in [-0.25, -0.2) is 0 Å². The van der Waals surface area contributed by atoms with E-state index in [1.165, 1.54) is 0 Å². The van der Waals surface area contributed by atoms with Crippen LogP contribution in [0.15, 0.2) is 0 Å². The number of nitrogens with one attached hydrogen (secondary N) is 2. The molecule has 4 fully saturated rings. The number of hydrogen-bond donors (Lipinski definition) is 2. The number of likely N-dealkylation sites (tertiary alicyclic amines) is 1. The van der Waals surface area contributed by atoms with Crippen LogP contribution in [-0.4, -0.2) is 54.6 Å². The summed E-state index contributed by atoms with van der Waals surface area (Å²) in [4.78, 5) is 28.3. The Hall–Kier alpha value is -1.31. The predicted octanol–water partition coefficient (Wildman–Crippen LogP) is 4.51. The largest absolute Gasteiger partial charge is 0.391 e. The van der Waals surface area contributed by atoms with Crippen LogP contribution < -0.4 is 10.6 Å². The molecule has 0 radical (unpaired) electrons. The van der Waals surface area contributed by atoms with Crippen molar-refractivity contribution in [1.82, 2.24) is 15.5 Å². The van der Waals surface area contributed by atoms with Crippen LogP contribution in [0.25, 0.3) is 0 Å². The molecule has 0 aromatic carbocycles. The first kappa shape index (κ1) is 25.8. The van der Waals surface area contributed by atoms with Gasteiger partial charge in [-0.2, -0.15) is 13.2 Å². The molecule has 4 rings (SSSR count). The van der Waals surface area contributed by atoms with E-state index in [1.807, 2.05) is 11.9 Å². The summed E-state index contributed by atoms with van der Waals surface area (Å²) in [5, 5.41) is 6.75. The molecule has 2 saturated heterocycles. The van der Waals surface area contributed by atoms with Gasteiger partial charge in [-0.3, -0.25) is 9.59 Å². The summed E-state index contributed by atoms with van der Waals surface area (Å²) in [5.41, 5.74) is 0. The number of alkyl halides is 3. The van der Waals surface area contributed by atoms with E-state index in [4.69, 9.17) is 0 Å². The highest BCUT2D eigenvalue weighted by molar-refractivity contribution is 5.80. The van der Waals surface area contributed by atoms with Crippen LogP contribution in [0.5, 0.6) is 0 Å². The van der Waals surface area contributed by atoms with Crippen molar-refractivity contribution in [1.29, 1.82) is 0 Å². The number of fused-ring (bicyclic) bond motifs is 1. The lowest BCUT2D eigenvalue weighted by atomic mass is 9.65. The third-order valence-electron chi connectivity index (χ3n) is 9.58. The summed E-state index contributed by atoms with van der Waals surface area (Å²) in [6, 6.07) is 0.722. The molecule has 0 aromatic heterocycles. The van der Waals surface area contributed by atoms with Crippen molar-refractivity contribution in [2.75, 3.05) is 13.6 Å². The molecule has 0 spiro atoms. The van der Waals surface area contributed by atoms with Gasteiger partial charge in [0.1, 0.15) is 0 Å². The first-order valence-electron chi connectivity index (χ1n) is 13.5. The molecule has 9 unspecified atom stereocenters. The van der Waals surface area contributed by atoms with Gasteiger partial charge >= 0.3 is 6.18 Å². The van der Waals surface area contributed by atoms with Crippen molar-refractivity contribution in [3.63, 3.8) is 0 Å². The number of piperidine rings is 2. The predicted molar refractivity (Wildman–Crippen MR) is 125 cm³/mol. The van der Waals surface area contributed by atoms with Gasteiger partial charge in [-0.05, 0) is 75.5 Å². The van der Waals surface area contributed by atoms with Crippen LogP contribution in [-0.2, 0) is 9.59 Å². The van der Waals surface area contributed by atoms with Crippen molar-refractivity contribution >= 4 is 11.8 Å². The lowest BCUT2D eigenvalue weighted by molar-refractivity contribution is -0.186. The maximum atomic E-state index is 13.4. The minimum Gasteiger partial charge on any atom is -0.353 e. The molecule has 2 amide bonds. The molecule has 2 heterocycles. The smallest absolute Gasteiger partial charge is 0.353 e. The van der Waals surface area contributed by atoms with E-state index >= 15 is 0 Å². The quantitative estimate of drug-likeness (QED) is 0.616. The van der Waals surface area contributed by atoms with E-state index < -0.39 is 18.0 Å². The highest BCUT2D eigenvalue weighted by Crippen LogP contribution is 2.44. The Labute approximate surface area is 202 Å². The van der Waals surface area contributed by atoms with Gasteiger partial charge in [-0.1, -0.05) is 20.3 Å². The molecule has 2 saturated carbocycles. The van der Waals surface area contributed by atoms with Gasteiger partial charge in [0, 0.05) is 43.6 Å². The number of rotatable bonds is 4. The van der Waals surface area contributed by atoms with E-state index in [-0.39, 0.29) is 42.5 Å². The van der Waals surface area contributed by atoms with Crippen LogP contribution in [0, 0.1) is 35.5 Å². The standard InChI is InChI=1S/C26H42F3N3O2/c1-4-19-13-23-17(14-30-19)11-22(25(34)32(23)3)21-12-20(9-8-15(21)2)31-24(33)16-6-5-7-18(10-16)26(27,28)29/h15-23,30H,4-14H2,1-3H3,(H,31,33). The molecule has 9 atom stereocenters. The summed E-state index contributed by atoms with van der Waals surface area (Å²) in [6.45, 7) is 5.34. The van der Waals surface area contributed by atoms with Gasteiger partial charge in [0.2, 0.25) is 11.8 Å². The Morgan fingerprint density at radius 2 is 1.88 bits per heavy atom. The van der Waals surface area contributed by atoms with Crippen molar-refractivity contribution in [2.24, 2.45) is 35.5 Å². The van der Waals surface area contributed by atoms with Crippen LogP contribution in [0.2, 0.25) is 0 Å². The molecule has 194 valence electrons. The minimum absolute atomic E-state index is 0.0368. The topological polar surface area (TPSA) is 61.4 Å². The Balaban J connectivity index is 1.37.